The third-order valence-electron chi connectivity index (χ3n) is 3.49. The van der Waals surface area contributed by atoms with Crippen LogP contribution in [0.4, 0.5) is 5.69 Å². The van der Waals surface area contributed by atoms with Gasteiger partial charge in [-0.15, -0.1) is 0 Å². The standard InChI is InChI=1S/C16H19N3O2/c1-11-18-9-15(21-11)13-4-6-14(7-5-13)19-16(20)10-17-8-12-2-3-12/h4-7,9,12,17H,2-3,8,10H2,1H3,(H,19,20). The predicted molar refractivity (Wildman–Crippen MR) is 80.9 cm³/mol. The smallest absolute Gasteiger partial charge is 0.238 e. The van der Waals surface area contributed by atoms with Crippen LogP contribution >= 0.6 is 0 Å². The van der Waals surface area contributed by atoms with Gasteiger partial charge in [-0.05, 0) is 49.6 Å². The second-order valence-electron chi connectivity index (χ2n) is 5.44. The molecule has 0 radical (unpaired) electrons. The van der Waals surface area contributed by atoms with E-state index in [1.165, 1.54) is 12.8 Å². The maximum atomic E-state index is 11.8. The number of aryl methyl sites for hydroxylation is 1. The first-order chi connectivity index (χ1) is 10.2. The molecule has 1 aromatic heterocycles. The van der Waals surface area contributed by atoms with Crippen LogP contribution in [0, 0.1) is 12.8 Å². The molecule has 5 nitrogen and oxygen atoms in total. The molecular weight excluding hydrogens is 266 g/mol. The number of oxazole rings is 1. The predicted octanol–water partition coefficient (Wildman–Crippen LogP) is 2.59. The molecule has 0 bridgehead atoms. The van der Waals surface area contributed by atoms with E-state index in [-0.39, 0.29) is 5.91 Å². The van der Waals surface area contributed by atoms with Crippen molar-refractivity contribution in [2.24, 2.45) is 5.92 Å². The monoisotopic (exact) mass is 285 g/mol. The van der Waals surface area contributed by atoms with E-state index in [0.717, 1.165) is 29.5 Å². The summed E-state index contributed by atoms with van der Waals surface area (Å²) in [7, 11) is 0. The van der Waals surface area contributed by atoms with Gasteiger partial charge in [0.1, 0.15) is 0 Å². The summed E-state index contributed by atoms with van der Waals surface area (Å²) in [4.78, 5) is 15.8. The molecule has 1 amide bonds. The van der Waals surface area contributed by atoms with Crippen LogP contribution in [0.2, 0.25) is 0 Å². The maximum Gasteiger partial charge on any atom is 0.238 e. The average molecular weight is 285 g/mol. The zero-order chi connectivity index (χ0) is 14.7. The summed E-state index contributed by atoms with van der Waals surface area (Å²) in [5.74, 6) is 2.14. The highest BCUT2D eigenvalue weighted by atomic mass is 16.4. The number of carbonyl (C=O) groups excluding carboxylic acids is 1. The lowest BCUT2D eigenvalue weighted by Crippen LogP contribution is -2.29. The van der Waals surface area contributed by atoms with E-state index in [0.29, 0.717) is 12.4 Å². The number of benzene rings is 1. The Balaban J connectivity index is 1.52. The number of anilines is 1. The molecule has 0 aliphatic heterocycles. The zero-order valence-electron chi connectivity index (χ0n) is 12.1. The quantitative estimate of drug-likeness (QED) is 0.856. The minimum atomic E-state index is -0.0149. The van der Waals surface area contributed by atoms with Crippen LogP contribution in [0.5, 0.6) is 0 Å². The third kappa shape index (κ3) is 3.92. The Morgan fingerprint density at radius 2 is 2.10 bits per heavy atom. The second-order valence-corrected chi connectivity index (χ2v) is 5.44. The third-order valence-corrected chi connectivity index (χ3v) is 3.49. The Hall–Kier alpha value is -2.14. The van der Waals surface area contributed by atoms with Gasteiger partial charge in [-0.1, -0.05) is 0 Å². The fraction of sp³-hybridized carbons (Fsp3) is 0.375. The first-order valence-electron chi connectivity index (χ1n) is 7.24. The molecule has 110 valence electrons. The fourth-order valence-electron chi connectivity index (χ4n) is 2.13. The number of hydrogen-bond donors (Lipinski definition) is 2. The molecule has 1 heterocycles. The molecule has 0 spiro atoms. The fourth-order valence-corrected chi connectivity index (χ4v) is 2.13. The first kappa shape index (κ1) is 13.8. The van der Waals surface area contributed by atoms with E-state index in [1.807, 2.05) is 31.2 Å². The Morgan fingerprint density at radius 1 is 1.33 bits per heavy atom. The van der Waals surface area contributed by atoms with Gasteiger partial charge in [0.25, 0.3) is 0 Å². The number of nitrogens with zero attached hydrogens (tertiary/aromatic N) is 1. The van der Waals surface area contributed by atoms with Crippen LogP contribution in [0.1, 0.15) is 18.7 Å². The molecule has 1 aliphatic carbocycles. The molecular formula is C16H19N3O2. The highest BCUT2D eigenvalue weighted by molar-refractivity contribution is 5.92. The first-order valence-corrected chi connectivity index (χ1v) is 7.24. The van der Waals surface area contributed by atoms with Gasteiger partial charge in [0.05, 0.1) is 12.7 Å². The number of carbonyl (C=O) groups is 1. The van der Waals surface area contributed by atoms with E-state index < -0.39 is 0 Å². The Bertz CT molecular complexity index is 615. The average Bonchev–Trinajstić information content (AvgIpc) is 3.19. The van der Waals surface area contributed by atoms with E-state index in [1.54, 1.807) is 6.20 Å². The molecule has 0 atom stereocenters. The topological polar surface area (TPSA) is 67.2 Å². The van der Waals surface area contributed by atoms with Crippen molar-refractivity contribution in [1.29, 1.82) is 0 Å². The van der Waals surface area contributed by atoms with Crippen molar-refractivity contribution in [1.82, 2.24) is 10.3 Å². The summed E-state index contributed by atoms with van der Waals surface area (Å²) in [6, 6.07) is 7.55. The second kappa shape index (κ2) is 6.10. The summed E-state index contributed by atoms with van der Waals surface area (Å²) in [5.41, 5.74) is 1.73. The summed E-state index contributed by atoms with van der Waals surface area (Å²) >= 11 is 0. The van der Waals surface area contributed by atoms with Gasteiger partial charge >= 0.3 is 0 Å². The van der Waals surface area contributed by atoms with Gasteiger partial charge in [0, 0.05) is 18.2 Å². The summed E-state index contributed by atoms with van der Waals surface area (Å²) in [6.45, 7) is 3.11. The van der Waals surface area contributed by atoms with Crippen molar-refractivity contribution in [2.45, 2.75) is 19.8 Å². The van der Waals surface area contributed by atoms with Gasteiger partial charge in [0.15, 0.2) is 11.7 Å². The number of amides is 1. The molecule has 2 N–H and O–H groups in total. The van der Waals surface area contributed by atoms with E-state index in [9.17, 15) is 4.79 Å². The molecule has 0 unspecified atom stereocenters. The summed E-state index contributed by atoms with van der Waals surface area (Å²) in [6.07, 6.45) is 4.28. The molecule has 5 heteroatoms. The lowest BCUT2D eigenvalue weighted by molar-refractivity contribution is -0.115. The normalized spacial score (nSPS) is 14.1. The van der Waals surface area contributed by atoms with Crippen LogP contribution < -0.4 is 10.6 Å². The van der Waals surface area contributed by atoms with Crippen molar-refractivity contribution in [3.8, 4) is 11.3 Å². The van der Waals surface area contributed by atoms with Crippen molar-refractivity contribution in [2.75, 3.05) is 18.4 Å². The summed E-state index contributed by atoms with van der Waals surface area (Å²) < 4.78 is 5.46. The molecule has 21 heavy (non-hydrogen) atoms. The van der Waals surface area contributed by atoms with Crippen LogP contribution in [0.25, 0.3) is 11.3 Å². The Morgan fingerprint density at radius 3 is 2.71 bits per heavy atom. The lowest BCUT2D eigenvalue weighted by atomic mass is 10.1. The Labute approximate surface area is 123 Å². The number of rotatable bonds is 6. The van der Waals surface area contributed by atoms with Gasteiger partial charge in [-0.2, -0.15) is 0 Å². The van der Waals surface area contributed by atoms with Gasteiger partial charge in [0.2, 0.25) is 5.91 Å². The summed E-state index contributed by atoms with van der Waals surface area (Å²) in [5, 5.41) is 6.04. The molecule has 1 aromatic carbocycles. The van der Waals surface area contributed by atoms with Crippen molar-refractivity contribution in [3.05, 3.63) is 36.4 Å². The molecule has 1 saturated carbocycles. The van der Waals surface area contributed by atoms with E-state index in [4.69, 9.17) is 4.42 Å². The van der Waals surface area contributed by atoms with Gasteiger partial charge in [-0.3, -0.25) is 4.79 Å². The van der Waals surface area contributed by atoms with E-state index >= 15 is 0 Å². The molecule has 0 saturated heterocycles. The minimum Gasteiger partial charge on any atom is -0.441 e. The van der Waals surface area contributed by atoms with Crippen LogP contribution in [-0.4, -0.2) is 24.0 Å². The number of aromatic nitrogens is 1. The zero-order valence-corrected chi connectivity index (χ0v) is 12.1. The highest BCUT2D eigenvalue weighted by Gasteiger charge is 2.20. The van der Waals surface area contributed by atoms with Crippen molar-refractivity contribution in [3.63, 3.8) is 0 Å². The lowest BCUT2D eigenvalue weighted by Gasteiger charge is -2.06. The molecule has 3 rings (SSSR count). The van der Waals surface area contributed by atoms with Crippen LogP contribution in [0.3, 0.4) is 0 Å². The Kier molecular flexibility index (Phi) is 4.01. The number of hydrogen-bond acceptors (Lipinski definition) is 4. The van der Waals surface area contributed by atoms with Gasteiger partial charge in [-0.25, -0.2) is 4.98 Å². The minimum absolute atomic E-state index is 0.0149. The maximum absolute atomic E-state index is 11.8. The molecule has 1 fully saturated rings. The van der Waals surface area contributed by atoms with Crippen LogP contribution in [-0.2, 0) is 4.79 Å². The van der Waals surface area contributed by atoms with Crippen molar-refractivity contribution < 1.29 is 9.21 Å². The number of nitrogens with one attached hydrogen (secondary N) is 2. The van der Waals surface area contributed by atoms with Crippen LogP contribution in [0.15, 0.2) is 34.9 Å². The largest absolute Gasteiger partial charge is 0.441 e. The SMILES string of the molecule is Cc1ncc(-c2ccc(NC(=O)CNCC3CC3)cc2)o1. The highest BCUT2D eigenvalue weighted by Crippen LogP contribution is 2.27. The van der Waals surface area contributed by atoms with E-state index in [2.05, 4.69) is 15.6 Å². The molecule has 2 aromatic rings. The van der Waals surface area contributed by atoms with Crippen molar-refractivity contribution >= 4 is 11.6 Å². The molecule has 1 aliphatic rings. The van der Waals surface area contributed by atoms with Gasteiger partial charge < -0.3 is 15.1 Å².